The van der Waals surface area contributed by atoms with Crippen molar-refractivity contribution in [2.75, 3.05) is 31.5 Å². The number of fused-ring (bicyclic) bond motifs is 4. The normalized spacial score (nSPS) is 17.4. The number of carbonyl (C=O) groups excluding carboxylic acids is 1. The van der Waals surface area contributed by atoms with Crippen LogP contribution in [0.2, 0.25) is 0 Å². The maximum absolute atomic E-state index is 13.8. The molecule has 1 fully saturated rings. The lowest BCUT2D eigenvalue weighted by Gasteiger charge is -2.17. The molecule has 1 aliphatic carbocycles. The molecule has 1 saturated carbocycles. The van der Waals surface area contributed by atoms with Gasteiger partial charge in [-0.2, -0.15) is 0 Å². The lowest BCUT2D eigenvalue weighted by atomic mass is 9.95. The topological polar surface area (TPSA) is 74.8 Å². The minimum Gasteiger partial charge on any atom is -0.507 e. The Kier molecular flexibility index (Phi) is 4.88. The first-order valence-corrected chi connectivity index (χ1v) is 12.0. The molecule has 0 saturated heterocycles. The number of hydrogen-bond donors (Lipinski definition) is 2. The summed E-state index contributed by atoms with van der Waals surface area (Å²) in [5, 5.41) is 13.3. The van der Waals surface area contributed by atoms with E-state index in [2.05, 4.69) is 4.98 Å². The standard InChI is InChI=1S/C27H25ClN2O4/c1-33-22-10-15-9-19(29-25(15)24(14-7-8-14)26(22)34-2)27(32)30-13-16(12-28)23-18-6-4-3-5-17(18)21(31)11-20(23)30/h3-6,9-11,14,16,29,31H,7-8,12-13H2,1-2H3/t16-/m1/s1. The van der Waals surface area contributed by atoms with Gasteiger partial charge in [0.2, 0.25) is 0 Å². The van der Waals surface area contributed by atoms with Gasteiger partial charge in [0.15, 0.2) is 11.5 Å². The third-order valence-corrected chi connectivity index (χ3v) is 7.46. The predicted molar refractivity (Wildman–Crippen MR) is 134 cm³/mol. The van der Waals surface area contributed by atoms with Crippen molar-refractivity contribution in [3.8, 4) is 17.2 Å². The molecule has 2 aliphatic rings. The molecule has 1 aliphatic heterocycles. The Morgan fingerprint density at radius 1 is 1.12 bits per heavy atom. The van der Waals surface area contributed by atoms with Crippen LogP contribution in [0.1, 0.15) is 46.3 Å². The number of alkyl halides is 1. The number of nitrogens with zero attached hydrogens (tertiary/aromatic N) is 1. The van der Waals surface area contributed by atoms with Crippen LogP contribution in [-0.4, -0.2) is 42.6 Å². The number of H-pyrrole nitrogens is 1. The van der Waals surface area contributed by atoms with Gasteiger partial charge in [-0.1, -0.05) is 24.3 Å². The van der Waals surface area contributed by atoms with Crippen molar-refractivity contribution in [3.63, 3.8) is 0 Å². The average molecular weight is 477 g/mol. The number of rotatable bonds is 5. The van der Waals surface area contributed by atoms with Gasteiger partial charge in [0.25, 0.3) is 5.91 Å². The summed E-state index contributed by atoms with van der Waals surface area (Å²) in [7, 11) is 3.28. The number of carbonyl (C=O) groups is 1. The van der Waals surface area contributed by atoms with E-state index in [4.69, 9.17) is 21.1 Å². The van der Waals surface area contributed by atoms with E-state index in [1.165, 1.54) is 0 Å². The molecule has 6 nitrogen and oxygen atoms in total. The van der Waals surface area contributed by atoms with Crippen LogP contribution in [0.4, 0.5) is 5.69 Å². The van der Waals surface area contributed by atoms with Crippen molar-refractivity contribution < 1.29 is 19.4 Å². The molecule has 0 bridgehead atoms. The summed E-state index contributed by atoms with van der Waals surface area (Å²) in [6.07, 6.45) is 2.17. The molecule has 2 heterocycles. The highest BCUT2D eigenvalue weighted by Crippen LogP contribution is 2.51. The fourth-order valence-corrected chi connectivity index (χ4v) is 5.64. The number of phenolic OH excluding ortho intramolecular Hbond substituents is 1. The number of nitrogens with one attached hydrogen (secondary N) is 1. The number of methoxy groups -OCH3 is 2. The van der Waals surface area contributed by atoms with E-state index < -0.39 is 0 Å². The van der Waals surface area contributed by atoms with Gasteiger partial charge in [0.05, 0.1) is 25.4 Å². The van der Waals surface area contributed by atoms with Crippen LogP contribution in [-0.2, 0) is 0 Å². The Morgan fingerprint density at radius 3 is 2.56 bits per heavy atom. The van der Waals surface area contributed by atoms with Gasteiger partial charge in [-0.25, -0.2) is 0 Å². The molecular weight excluding hydrogens is 452 g/mol. The predicted octanol–water partition coefficient (Wildman–Crippen LogP) is 5.90. The molecule has 1 aromatic heterocycles. The van der Waals surface area contributed by atoms with E-state index in [1.807, 2.05) is 36.4 Å². The number of hydrogen-bond acceptors (Lipinski definition) is 4. The van der Waals surface area contributed by atoms with Gasteiger partial charge in [0, 0.05) is 40.7 Å². The quantitative estimate of drug-likeness (QED) is 0.351. The second-order valence-corrected chi connectivity index (χ2v) is 9.40. The number of ether oxygens (including phenoxy) is 2. The van der Waals surface area contributed by atoms with Crippen molar-refractivity contribution in [3.05, 3.63) is 59.3 Å². The molecule has 0 radical (unpaired) electrons. The Morgan fingerprint density at radius 2 is 1.88 bits per heavy atom. The SMILES string of the molecule is COc1cc2cc(C(=O)N3C[C@@H](CCl)c4c3cc(O)c3ccccc43)[nH]c2c(C2CC2)c1OC. The van der Waals surface area contributed by atoms with Crippen LogP contribution < -0.4 is 14.4 Å². The number of benzene rings is 3. The van der Waals surface area contributed by atoms with E-state index in [0.717, 1.165) is 51.4 Å². The molecule has 0 spiro atoms. The molecule has 6 rings (SSSR count). The Hall–Kier alpha value is -3.38. The van der Waals surface area contributed by atoms with E-state index in [0.29, 0.717) is 35.5 Å². The molecular formula is C27H25ClN2O4. The number of anilines is 1. The lowest BCUT2D eigenvalue weighted by molar-refractivity contribution is 0.0984. The summed E-state index contributed by atoms with van der Waals surface area (Å²) >= 11 is 6.35. The van der Waals surface area contributed by atoms with Crippen molar-refractivity contribution in [1.82, 2.24) is 4.98 Å². The van der Waals surface area contributed by atoms with E-state index in [-0.39, 0.29) is 17.6 Å². The largest absolute Gasteiger partial charge is 0.507 e. The van der Waals surface area contributed by atoms with Crippen LogP contribution in [0, 0.1) is 0 Å². The second-order valence-electron chi connectivity index (χ2n) is 9.09. The van der Waals surface area contributed by atoms with Crippen molar-refractivity contribution in [2.24, 2.45) is 0 Å². The number of halogens is 1. The Balaban J connectivity index is 1.48. The molecule has 174 valence electrons. The highest BCUT2D eigenvalue weighted by atomic mass is 35.5. The van der Waals surface area contributed by atoms with Gasteiger partial charge in [-0.15, -0.1) is 11.6 Å². The Labute approximate surface area is 202 Å². The molecule has 3 aromatic carbocycles. The third-order valence-electron chi connectivity index (χ3n) is 7.09. The fourth-order valence-electron chi connectivity index (χ4n) is 5.39. The van der Waals surface area contributed by atoms with E-state index >= 15 is 0 Å². The third kappa shape index (κ3) is 3.05. The van der Waals surface area contributed by atoms with Crippen LogP contribution in [0.15, 0.2) is 42.5 Å². The first-order chi connectivity index (χ1) is 16.5. The zero-order valence-electron chi connectivity index (χ0n) is 19.0. The maximum atomic E-state index is 13.8. The number of phenols is 1. The summed E-state index contributed by atoms with van der Waals surface area (Å²) in [4.78, 5) is 18.9. The summed E-state index contributed by atoms with van der Waals surface area (Å²) in [6, 6.07) is 13.2. The average Bonchev–Trinajstić information content (AvgIpc) is 3.50. The van der Waals surface area contributed by atoms with E-state index in [1.54, 1.807) is 25.2 Å². The van der Waals surface area contributed by atoms with Gasteiger partial charge >= 0.3 is 0 Å². The molecule has 0 unspecified atom stereocenters. The highest BCUT2D eigenvalue weighted by molar-refractivity contribution is 6.19. The number of aromatic hydroxyl groups is 1. The van der Waals surface area contributed by atoms with Crippen molar-refractivity contribution in [2.45, 2.75) is 24.7 Å². The van der Waals surface area contributed by atoms with Gasteiger partial charge in [-0.3, -0.25) is 4.79 Å². The highest BCUT2D eigenvalue weighted by Gasteiger charge is 2.36. The zero-order chi connectivity index (χ0) is 23.6. The van der Waals surface area contributed by atoms with Gasteiger partial charge in [0.1, 0.15) is 11.4 Å². The monoisotopic (exact) mass is 476 g/mol. The lowest BCUT2D eigenvalue weighted by Crippen LogP contribution is -2.30. The van der Waals surface area contributed by atoms with Crippen molar-refractivity contribution >= 4 is 44.9 Å². The zero-order valence-corrected chi connectivity index (χ0v) is 19.8. The smallest absolute Gasteiger partial charge is 0.274 e. The summed E-state index contributed by atoms with van der Waals surface area (Å²) in [6.45, 7) is 0.461. The van der Waals surface area contributed by atoms with Crippen molar-refractivity contribution in [1.29, 1.82) is 0 Å². The summed E-state index contributed by atoms with van der Waals surface area (Å²) < 4.78 is 11.3. The van der Waals surface area contributed by atoms with Crippen LogP contribution in [0.5, 0.6) is 17.2 Å². The molecule has 34 heavy (non-hydrogen) atoms. The van der Waals surface area contributed by atoms with Crippen LogP contribution in [0.25, 0.3) is 21.7 Å². The molecule has 1 amide bonds. The number of amides is 1. The Bertz CT molecular complexity index is 1460. The number of aromatic nitrogens is 1. The minimum absolute atomic E-state index is 0.0160. The van der Waals surface area contributed by atoms with Crippen LogP contribution in [0.3, 0.4) is 0 Å². The molecule has 7 heteroatoms. The second kappa shape index (κ2) is 7.84. The van der Waals surface area contributed by atoms with Crippen LogP contribution >= 0.6 is 11.6 Å². The molecule has 4 aromatic rings. The molecule has 2 N–H and O–H groups in total. The van der Waals surface area contributed by atoms with Gasteiger partial charge < -0.3 is 24.5 Å². The number of aromatic amines is 1. The molecule has 1 atom stereocenters. The van der Waals surface area contributed by atoms with E-state index in [9.17, 15) is 9.90 Å². The fraction of sp³-hybridized carbons (Fsp3) is 0.296. The first kappa shape index (κ1) is 21.2. The minimum atomic E-state index is -0.153. The van der Waals surface area contributed by atoms with Gasteiger partial charge in [-0.05, 0) is 41.8 Å². The summed E-state index contributed by atoms with van der Waals surface area (Å²) in [5.74, 6) is 2.16. The first-order valence-electron chi connectivity index (χ1n) is 11.5. The summed E-state index contributed by atoms with van der Waals surface area (Å²) in [5.41, 5.74) is 4.19. The maximum Gasteiger partial charge on any atom is 0.274 e.